The van der Waals surface area contributed by atoms with E-state index in [1.807, 2.05) is 24.3 Å². The molecule has 0 aliphatic heterocycles. The predicted octanol–water partition coefficient (Wildman–Crippen LogP) is 3.45. The van der Waals surface area contributed by atoms with Gasteiger partial charge in [0.15, 0.2) is 0 Å². The summed E-state index contributed by atoms with van der Waals surface area (Å²) in [6.45, 7) is 2.13. The van der Waals surface area contributed by atoms with Crippen molar-refractivity contribution in [3.8, 4) is 0 Å². The van der Waals surface area contributed by atoms with Crippen molar-refractivity contribution in [1.82, 2.24) is 5.32 Å². The molecular weight excluding hydrogens is 260 g/mol. The Balaban J connectivity index is 1.83. The van der Waals surface area contributed by atoms with Crippen molar-refractivity contribution in [2.75, 3.05) is 12.4 Å². The summed E-state index contributed by atoms with van der Waals surface area (Å²) in [7, 11) is 1.65. The molecule has 1 unspecified atom stereocenters. The van der Waals surface area contributed by atoms with Gasteiger partial charge in [-0.25, -0.2) is 0 Å². The molecule has 0 bridgehead atoms. The highest BCUT2D eigenvalue weighted by atomic mass is 16.1. The summed E-state index contributed by atoms with van der Waals surface area (Å²) < 4.78 is 0. The molecule has 0 heterocycles. The van der Waals surface area contributed by atoms with Gasteiger partial charge in [0.2, 0.25) is 0 Å². The molecule has 3 heteroatoms. The first-order valence-corrected chi connectivity index (χ1v) is 7.35. The Morgan fingerprint density at radius 2 is 2.05 bits per heavy atom. The van der Waals surface area contributed by atoms with Gasteiger partial charge in [-0.05, 0) is 49.1 Å². The van der Waals surface area contributed by atoms with E-state index in [4.69, 9.17) is 0 Å². The Kier molecular flexibility index (Phi) is 3.65. The van der Waals surface area contributed by atoms with Crippen molar-refractivity contribution in [2.45, 2.75) is 25.8 Å². The number of benzene rings is 2. The number of hydrogen-bond donors (Lipinski definition) is 2. The van der Waals surface area contributed by atoms with Gasteiger partial charge in [0, 0.05) is 18.3 Å². The van der Waals surface area contributed by atoms with Crippen LogP contribution in [0.25, 0.3) is 0 Å². The predicted molar refractivity (Wildman–Crippen MR) is 85.7 cm³/mol. The van der Waals surface area contributed by atoms with Crippen LogP contribution in [0.2, 0.25) is 0 Å². The summed E-state index contributed by atoms with van der Waals surface area (Å²) in [6.07, 6.45) is 2.21. The molecule has 0 saturated heterocycles. The Bertz CT molecular complexity index is 679. The fourth-order valence-electron chi connectivity index (χ4n) is 2.97. The van der Waals surface area contributed by atoms with Gasteiger partial charge in [-0.1, -0.05) is 29.8 Å². The van der Waals surface area contributed by atoms with Gasteiger partial charge >= 0.3 is 0 Å². The quantitative estimate of drug-likeness (QED) is 0.904. The summed E-state index contributed by atoms with van der Waals surface area (Å²) in [4.78, 5) is 11.7. The van der Waals surface area contributed by atoms with Crippen LogP contribution < -0.4 is 10.6 Å². The second-order valence-electron chi connectivity index (χ2n) is 5.60. The zero-order chi connectivity index (χ0) is 14.8. The molecule has 2 aromatic rings. The number of aryl methyl sites for hydroxylation is 2. The number of carbonyl (C=O) groups is 1. The van der Waals surface area contributed by atoms with Gasteiger partial charge < -0.3 is 10.6 Å². The van der Waals surface area contributed by atoms with E-state index < -0.39 is 0 Å². The second-order valence-corrected chi connectivity index (χ2v) is 5.60. The highest BCUT2D eigenvalue weighted by Crippen LogP contribution is 2.34. The largest absolute Gasteiger partial charge is 0.378 e. The van der Waals surface area contributed by atoms with Crippen LogP contribution in [0.5, 0.6) is 0 Å². The summed E-state index contributed by atoms with van der Waals surface area (Å²) >= 11 is 0. The van der Waals surface area contributed by atoms with E-state index in [0.717, 1.165) is 18.5 Å². The van der Waals surface area contributed by atoms with Crippen molar-refractivity contribution < 1.29 is 4.79 Å². The fraction of sp³-hybridized carbons (Fsp3) is 0.278. The molecule has 1 amide bonds. The molecule has 0 fully saturated rings. The molecule has 2 aromatic carbocycles. The smallest absolute Gasteiger partial charge is 0.251 e. The summed E-state index contributed by atoms with van der Waals surface area (Å²) in [6, 6.07) is 14.7. The molecule has 2 N–H and O–H groups in total. The molecule has 21 heavy (non-hydrogen) atoms. The zero-order valence-corrected chi connectivity index (χ0v) is 12.4. The number of anilines is 1. The van der Waals surface area contributed by atoms with Crippen LogP contribution in [-0.4, -0.2) is 13.0 Å². The summed E-state index contributed by atoms with van der Waals surface area (Å²) in [5, 5.41) is 6.22. The van der Waals surface area contributed by atoms with Gasteiger partial charge in [-0.3, -0.25) is 4.79 Å². The highest BCUT2D eigenvalue weighted by molar-refractivity contribution is 5.94. The minimum Gasteiger partial charge on any atom is -0.378 e. The lowest BCUT2D eigenvalue weighted by molar-refractivity contribution is 0.0963. The van der Waals surface area contributed by atoms with E-state index in [2.05, 4.69) is 35.8 Å². The van der Waals surface area contributed by atoms with Crippen molar-refractivity contribution in [3.63, 3.8) is 0 Å². The first kappa shape index (κ1) is 13.7. The van der Waals surface area contributed by atoms with Gasteiger partial charge in [-0.15, -0.1) is 0 Å². The maximum atomic E-state index is 11.7. The lowest BCUT2D eigenvalue weighted by atomic mass is 10.0. The van der Waals surface area contributed by atoms with Gasteiger partial charge in [-0.2, -0.15) is 0 Å². The first-order chi connectivity index (χ1) is 10.2. The topological polar surface area (TPSA) is 41.1 Å². The fourth-order valence-corrected chi connectivity index (χ4v) is 2.97. The van der Waals surface area contributed by atoms with Crippen molar-refractivity contribution >= 4 is 11.6 Å². The normalized spacial score (nSPS) is 16.4. The molecule has 1 aliphatic carbocycles. The number of carbonyl (C=O) groups excluding carboxylic acids is 1. The molecule has 1 aliphatic rings. The monoisotopic (exact) mass is 280 g/mol. The number of fused-ring (bicyclic) bond motifs is 1. The minimum atomic E-state index is -0.0543. The highest BCUT2D eigenvalue weighted by Gasteiger charge is 2.22. The third-order valence-electron chi connectivity index (χ3n) is 4.07. The molecule has 0 radical (unpaired) electrons. The second kappa shape index (κ2) is 5.60. The lowest BCUT2D eigenvalue weighted by Gasteiger charge is -2.16. The van der Waals surface area contributed by atoms with Gasteiger partial charge in [0.05, 0.1) is 6.04 Å². The number of amides is 1. The first-order valence-electron chi connectivity index (χ1n) is 7.35. The average molecular weight is 280 g/mol. The molecule has 0 aromatic heterocycles. The average Bonchev–Trinajstić information content (AvgIpc) is 2.89. The van der Waals surface area contributed by atoms with E-state index in [9.17, 15) is 4.79 Å². The van der Waals surface area contributed by atoms with Crippen LogP contribution in [0, 0.1) is 6.92 Å². The SMILES string of the molecule is CNC(=O)c1cccc(NC2CCc3ccc(C)cc32)c1. The molecule has 3 rings (SSSR count). The zero-order valence-electron chi connectivity index (χ0n) is 12.4. The van der Waals surface area contributed by atoms with Crippen LogP contribution >= 0.6 is 0 Å². The summed E-state index contributed by atoms with van der Waals surface area (Å²) in [5.74, 6) is -0.0543. The van der Waals surface area contributed by atoms with E-state index in [0.29, 0.717) is 11.6 Å². The maximum Gasteiger partial charge on any atom is 0.251 e. The van der Waals surface area contributed by atoms with E-state index >= 15 is 0 Å². The molecule has 108 valence electrons. The van der Waals surface area contributed by atoms with Gasteiger partial charge in [0.1, 0.15) is 0 Å². The Morgan fingerprint density at radius 3 is 2.86 bits per heavy atom. The van der Waals surface area contributed by atoms with Crippen molar-refractivity contribution in [2.24, 2.45) is 0 Å². The van der Waals surface area contributed by atoms with Gasteiger partial charge in [0.25, 0.3) is 5.91 Å². The van der Waals surface area contributed by atoms with E-state index in [-0.39, 0.29) is 5.91 Å². The standard InChI is InChI=1S/C18H20N2O/c1-12-6-7-13-8-9-17(16(13)10-12)20-15-5-3-4-14(11-15)18(21)19-2/h3-7,10-11,17,20H,8-9H2,1-2H3,(H,19,21). The number of hydrogen-bond acceptors (Lipinski definition) is 2. The van der Waals surface area contributed by atoms with E-state index in [1.165, 1.54) is 16.7 Å². The van der Waals surface area contributed by atoms with Crippen LogP contribution in [0.3, 0.4) is 0 Å². The molecular formula is C18H20N2O. The van der Waals surface area contributed by atoms with Crippen molar-refractivity contribution in [3.05, 3.63) is 64.7 Å². The Labute approximate surface area is 125 Å². The molecule has 3 nitrogen and oxygen atoms in total. The molecule has 0 spiro atoms. The third kappa shape index (κ3) is 2.77. The summed E-state index contributed by atoms with van der Waals surface area (Å²) in [5.41, 5.74) is 5.79. The van der Waals surface area contributed by atoms with Crippen LogP contribution in [0.1, 0.15) is 39.5 Å². The van der Waals surface area contributed by atoms with Crippen molar-refractivity contribution in [1.29, 1.82) is 0 Å². The number of rotatable bonds is 3. The lowest BCUT2D eigenvalue weighted by Crippen LogP contribution is -2.18. The Hall–Kier alpha value is -2.29. The molecule has 0 saturated carbocycles. The van der Waals surface area contributed by atoms with Crippen LogP contribution in [0.4, 0.5) is 5.69 Å². The Morgan fingerprint density at radius 1 is 1.19 bits per heavy atom. The number of nitrogens with one attached hydrogen (secondary N) is 2. The third-order valence-corrected chi connectivity index (χ3v) is 4.07. The van der Waals surface area contributed by atoms with Crippen LogP contribution in [0.15, 0.2) is 42.5 Å². The molecule has 1 atom stereocenters. The minimum absolute atomic E-state index is 0.0543. The van der Waals surface area contributed by atoms with Crippen LogP contribution in [-0.2, 0) is 6.42 Å². The van der Waals surface area contributed by atoms with E-state index in [1.54, 1.807) is 7.05 Å². The maximum absolute atomic E-state index is 11.7.